The second-order valence-corrected chi connectivity index (χ2v) is 5.77. The Hall–Kier alpha value is -3.25. The number of hydrogen-bond donors (Lipinski definition) is 2. The van der Waals surface area contributed by atoms with E-state index >= 15 is 0 Å². The summed E-state index contributed by atoms with van der Waals surface area (Å²) in [6.45, 7) is 0. The molecule has 0 aliphatic heterocycles. The Morgan fingerprint density at radius 1 is 0.962 bits per heavy atom. The first-order chi connectivity index (χ1) is 12.7. The van der Waals surface area contributed by atoms with Gasteiger partial charge in [0, 0.05) is 31.3 Å². The number of rotatable bonds is 5. The van der Waals surface area contributed by atoms with Crippen molar-refractivity contribution in [1.82, 2.24) is 10.3 Å². The van der Waals surface area contributed by atoms with E-state index in [1.807, 2.05) is 60.7 Å². The fourth-order valence-corrected chi connectivity index (χ4v) is 2.25. The molecule has 0 radical (unpaired) electrons. The second kappa shape index (κ2) is 8.73. The molecule has 0 aliphatic rings. The largest absolute Gasteiger partial charge is 0.457 e. The number of ether oxygens (including phenoxy) is 1. The van der Waals surface area contributed by atoms with E-state index in [0.717, 1.165) is 28.4 Å². The summed E-state index contributed by atoms with van der Waals surface area (Å²) >= 11 is 5.07. The molecule has 0 bridgehead atoms. The van der Waals surface area contributed by atoms with Gasteiger partial charge in [-0.05, 0) is 78.4 Å². The van der Waals surface area contributed by atoms with Gasteiger partial charge in [-0.2, -0.15) is 0 Å². The molecule has 130 valence electrons. The Bertz CT molecular complexity index is 878. The minimum Gasteiger partial charge on any atom is -0.457 e. The van der Waals surface area contributed by atoms with Crippen molar-refractivity contribution in [2.75, 3.05) is 12.4 Å². The van der Waals surface area contributed by atoms with E-state index in [0.29, 0.717) is 5.11 Å². The van der Waals surface area contributed by atoms with Gasteiger partial charge in [-0.25, -0.2) is 0 Å². The van der Waals surface area contributed by atoms with E-state index < -0.39 is 0 Å². The predicted molar refractivity (Wildman–Crippen MR) is 110 cm³/mol. The zero-order valence-electron chi connectivity index (χ0n) is 14.2. The Morgan fingerprint density at radius 2 is 1.58 bits per heavy atom. The quantitative estimate of drug-likeness (QED) is 0.515. The molecule has 3 rings (SSSR count). The molecule has 5 nitrogen and oxygen atoms in total. The van der Waals surface area contributed by atoms with Crippen LogP contribution in [0.25, 0.3) is 0 Å². The van der Waals surface area contributed by atoms with Crippen molar-refractivity contribution in [3.8, 4) is 11.5 Å². The lowest BCUT2D eigenvalue weighted by atomic mass is 10.2. The third-order valence-corrected chi connectivity index (χ3v) is 3.79. The fraction of sp³-hybridized carbons (Fsp3) is 0.0500. The number of pyridine rings is 1. The predicted octanol–water partition coefficient (Wildman–Crippen LogP) is 4.54. The van der Waals surface area contributed by atoms with Gasteiger partial charge in [-0.15, -0.1) is 0 Å². The molecule has 2 aromatic carbocycles. The van der Waals surface area contributed by atoms with E-state index in [1.54, 1.807) is 25.7 Å². The van der Waals surface area contributed by atoms with Crippen LogP contribution in [0.1, 0.15) is 5.56 Å². The summed E-state index contributed by atoms with van der Waals surface area (Å²) in [7, 11) is 1.78. The van der Waals surface area contributed by atoms with Crippen LogP contribution in [-0.4, -0.2) is 23.4 Å². The number of thiocarbonyl (C=S) groups is 1. The van der Waals surface area contributed by atoms with Crippen LogP contribution in [0.4, 0.5) is 11.4 Å². The lowest BCUT2D eigenvalue weighted by Gasteiger charge is -2.09. The van der Waals surface area contributed by atoms with E-state index in [2.05, 4.69) is 20.6 Å². The lowest BCUT2D eigenvalue weighted by Crippen LogP contribution is -2.23. The second-order valence-electron chi connectivity index (χ2n) is 5.36. The SMILES string of the molecule is CNC(=S)Nc1ccc(Oc2ccc(N=Cc3ccncc3)cc2)cc1. The van der Waals surface area contributed by atoms with Gasteiger partial charge in [0.15, 0.2) is 5.11 Å². The molecule has 6 heteroatoms. The highest BCUT2D eigenvalue weighted by atomic mass is 32.1. The maximum atomic E-state index is 5.85. The minimum atomic E-state index is 0.571. The molecule has 0 saturated carbocycles. The Labute approximate surface area is 157 Å². The summed E-state index contributed by atoms with van der Waals surface area (Å²) < 4.78 is 5.85. The van der Waals surface area contributed by atoms with Gasteiger partial charge in [0.1, 0.15) is 11.5 Å². The standard InChI is InChI=1S/C20H18N4OS/c1-21-20(26)24-17-4-8-19(9-5-17)25-18-6-2-16(3-7-18)23-14-15-10-12-22-13-11-15/h2-14H,1H3,(H2,21,24,26). The summed E-state index contributed by atoms with van der Waals surface area (Å²) in [5.74, 6) is 1.50. The van der Waals surface area contributed by atoms with Gasteiger partial charge in [-0.3, -0.25) is 9.98 Å². The fourth-order valence-electron chi connectivity index (χ4n) is 2.13. The molecule has 26 heavy (non-hydrogen) atoms. The first kappa shape index (κ1) is 17.6. The molecule has 0 atom stereocenters. The van der Waals surface area contributed by atoms with Crippen molar-refractivity contribution in [1.29, 1.82) is 0 Å². The number of aliphatic imine (C=N–C) groups is 1. The van der Waals surface area contributed by atoms with Gasteiger partial charge in [0.05, 0.1) is 5.69 Å². The third-order valence-electron chi connectivity index (χ3n) is 3.48. The maximum Gasteiger partial charge on any atom is 0.170 e. The molecular formula is C20H18N4OS. The monoisotopic (exact) mass is 362 g/mol. The average molecular weight is 362 g/mol. The zero-order chi connectivity index (χ0) is 18.2. The molecule has 2 N–H and O–H groups in total. The number of nitrogens with zero attached hydrogens (tertiary/aromatic N) is 2. The van der Waals surface area contributed by atoms with Crippen molar-refractivity contribution in [3.63, 3.8) is 0 Å². The van der Waals surface area contributed by atoms with Gasteiger partial charge in [0.2, 0.25) is 0 Å². The highest BCUT2D eigenvalue weighted by Gasteiger charge is 2.00. The lowest BCUT2D eigenvalue weighted by molar-refractivity contribution is 0.483. The van der Waals surface area contributed by atoms with Crippen LogP contribution in [0.3, 0.4) is 0 Å². The van der Waals surface area contributed by atoms with Crippen molar-refractivity contribution >= 4 is 34.9 Å². The van der Waals surface area contributed by atoms with E-state index in [4.69, 9.17) is 17.0 Å². The minimum absolute atomic E-state index is 0.571. The zero-order valence-corrected chi connectivity index (χ0v) is 15.0. The summed E-state index contributed by atoms with van der Waals surface area (Å²) in [5.41, 5.74) is 2.76. The van der Waals surface area contributed by atoms with Gasteiger partial charge >= 0.3 is 0 Å². The average Bonchev–Trinajstić information content (AvgIpc) is 2.69. The Morgan fingerprint density at radius 3 is 2.19 bits per heavy atom. The maximum absolute atomic E-state index is 5.85. The van der Waals surface area contributed by atoms with Crippen LogP contribution in [-0.2, 0) is 0 Å². The van der Waals surface area contributed by atoms with Crippen molar-refractivity contribution in [2.24, 2.45) is 4.99 Å². The summed E-state index contributed by atoms with van der Waals surface area (Å²) in [6.07, 6.45) is 5.29. The van der Waals surface area contributed by atoms with Crippen LogP contribution in [0.5, 0.6) is 11.5 Å². The number of anilines is 1. The number of nitrogens with one attached hydrogen (secondary N) is 2. The first-order valence-electron chi connectivity index (χ1n) is 8.04. The van der Waals surface area contributed by atoms with Crippen LogP contribution in [0, 0.1) is 0 Å². The smallest absolute Gasteiger partial charge is 0.170 e. The third kappa shape index (κ3) is 5.12. The first-order valence-corrected chi connectivity index (χ1v) is 8.44. The summed E-state index contributed by atoms with van der Waals surface area (Å²) in [6, 6.07) is 19.0. The molecule has 1 aromatic heterocycles. The highest BCUT2D eigenvalue weighted by molar-refractivity contribution is 7.80. The van der Waals surface area contributed by atoms with Crippen LogP contribution < -0.4 is 15.4 Å². The van der Waals surface area contributed by atoms with Crippen molar-refractivity contribution in [2.45, 2.75) is 0 Å². The number of benzene rings is 2. The van der Waals surface area contributed by atoms with Gasteiger partial charge in [-0.1, -0.05) is 0 Å². The van der Waals surface area contributed by atoms with Crippen molar-refractivity contribution in [3.05, 3.63) is 78.6 Å². The Balaban J connectivity index is 1.60. The molecule has 0 amide bonds. The molecule has 0 spiro atoms. The van der Waals surface area contributed by atoms with Crippen LogP contribution in [0.15, 0.2) is 78.0 Å². The molecule has 0 aliphatic carbocycles. The van der Waals surface area contributed by atoms with Gasteiger partial charge < -0.3 is 15.4 Å². The number of aromatic nitrogens is 1. The topological polar surface area (TPSA) is 58.5 Å². The van der Waals surface area contributed by atoms with Crippen LogP contribution in [0.2, 0.25) is 0 Å². The highest BCUT2D eigenvalue weighted by Crippen LogP contribution is 2.25. The van der Waals surface area contributed by atoms with Crippen molar-refractivity contribution < 1.29 is 4.74 Å². The molecule has 0 fully saturated rings. The molecule has 1 heterocycles. The summed E-state index contributed by atoms with van der Waals surface area (Å²) in [4.78, 5) is 8.42. The van der Waals surface area contributed by atoms with Gasteiger partial charge in [0.25, 0.3) is 0 Å². The Kier molecular flexibility index (Phi) is 5.90. The molecular weight excluding hydrogens is 344 g/mol. The summed E-state index contributed by atoms with van der Waals surface area (Å²) in [5, 5.41) is 6.50. The van der Waals surface area contributed by atoms with E-state index in [1.165, 1.54) is 0 Å². The molecule has 0 saturated heterocycles. The van der Waals surface area contributed by atoms with E-state index in [9.17, 15) is 0 Å². The van der Waals surface area contributed by atoms with E-state index in [-0.39, 0.29) is 0 Å². The number of hydrogen-bond acceptors (Lipinski definition) is 4. The molecule has 0 unspecified atom stereocenters. The molecule has 3 aromatic rings. The van der Waals surface area contributed by atoms with Crippen LogP contribution >= 0.6 is 12.2 Å². The normalized spacial score (nSPS) is 10.5.